The van der Waals surface area contributed by atoms with Crippen molar-refractivity contribution < 1.29 is 4.42 Å². The van der Waals surface area contributed by atoms with Crippen LogP contribution in [0.25, 0.3) is 0 Å². The fraction of sp³-hybridized carbons (Fsp3) is 0.467. The van der Waals surface area contributed by atoms with Crippen molar-refractivity contribution in [1.29, 1.82) is 0 Å². The van der Waals surface area contributed by atoms with Crippen molar-refractivity contribution in [2.45, 2.75) is 39.2 Å². The quantitative estimate of drug-likeness (QED) is 0.895. The third kappa shape index (κ3) is 2.52. The number of furan rings is 1. The first-order valence-electron chi connectivity index (χ1n) is 6.25. The van der Waals surface area contributed by atoms with Crippen LogP contribution in [-0.2, 0) is 5.41 Å². The van der Waals surface area contributed by atoms with Crippen LogP contribution in [0.1, 0.15) is 47.9 Å². The lowest BCUT2D eigenvalue weighted by Gasteiger charge is -2.17. The molecule has 18 heavy (non-hydrogen) atoms. The van der Waals surface area contributed by atoms with Crippen LogP contribution in [0.15, 0.2) is 28.9 Å². The minimum absolute atomic E-state index is 0.215. The van der Waals surface area contributed by atoms with Crippen molar-refractivity contribution in [3.63, 3.8) is 0 Å². The maximum Gasteiger partial charge on any atom is 0.105 e. The summed E-state index contributed by atoms with van der Waals surface area (Å²) in [5, 5.41) is 3.38. The van der Waals surface area contributed by atoms with E-state index in [1.54, 1.807) is 6.26 Å². The van der Waals surface area contributed by atoms with E-state index < -0.39 is 0 Å². The molecule has 0 aliphatic carbocycles. The first kappa shape index (κ1) is 13.4. The zero-order valence-electron chi connectivity index (χ0n) is 11.7. The fourth-order valence-corrected chi connectivity index (χ4v) is 3.25. The van der Waals surface area contributed by atoms with Gasteiger partial charge in [-0.05, 0) is 37.6 Å². The van der Waals surface area contributed by atoms with Crippen molar-refractivity contribution in [2.75, 3.05) is 7.05 Å². The topological polar surface area (TPSA) is 25.2 Å². The molecule has 2 aromatic heterocycles. The molecule has 2 nitrogen and oxygen atoms in total. The molecule has 1 atom stereocenters. The van der Waals surface area contributed by atoms with Crippen LogP contribution in [0.5, 0.6) is 0 Å². The Bertz CT molecular complexity index is 519. The zero-order valence-corrected chi connectivity index (χ0v) is 12.5. The van der Waals surface area contributed by atoms with Gasteiger partial charge in [-0.25, -0.2) is 0 Å². The van der Waals surface area contributed by atoms with Gasteiger partial charge in [0.15, 0.2) is 0 Å². The average Bonchev–Trinajstić information content (AvgIpc) is 2.89. The predicted molar refractivity (Wildman–Crippen MR) is 77.4 cm³/mol. The molecule has 0 bridgehead atoms. The number of aryl methyl sites for hydroxylation is 1. The van der Waals surface area contributed by atoms with Gasteiger partial charge in [-0.15, -0.1) is 11.3 Å². The minimum Gasteiger partial charge on any atom is -0.469 e. The van der Waals surface area contributed by atoms with E-state index in [2.05, 4.69) is 38.2 Å². The van der Waals surface area contributed by atoms with E-state index in [1.807, 2.05) is 31.4 Å². The zero-order chi connectivity index (χ0) is 13.3. The van der Waals surface area contributed by atoms with Gasteiger partial charge in [0.1, 0.15) is 5.76 Å². The second-order valence-corrected chi connectivity index (χ2v) is 6.72. The van der Waals surface area contributed by atoms with Crippen LogP contribution >= 0.6 is 11.3 Å². The summed E-state index contributed by atoms with van der Waals surface area (Å²) in [6, 6.07) is 6.73. The predicted octanol–water partition coefficient (Wildman–Crippen LogP) is 4.26. The van der Waals surface area contributed by atoms with Crippen molar-refractivity contribution in [1.82, 2.24) is 5.32 Å². The molecule has 1 unspecified atom stereocenters. The largest absolute Gasteiger partial charge is 0.469 e. The molecule has 0 fully saturated rings. The lowest BCUT2D eigenvalue weighted by Crippen LogP contribution is -2.16. The molecule has 0 aliphatic heterocycles. The number of thiophene rings is 1. The Balaban J connectivity index is 2.35. The van der Waals surface area contributed by atoms with Gasteiger partial charge in [-0.2, -0.15) is 0 Å². The molecule has 0 aliphatic rings. The van der Waals surface area contributed by atoms with Gasteiger partial charge in [-0.1, -0.05) is 20.8 Å². The smallest absolute Gasteiger partial charge is 0.105 e. The Hall–Kier alpha value is -1.06. The highest BCUT2D eigenvalue weighted by molar-refractivity contribution is 7.12. The molecule has 3 heteroatoms. The Morgan fingerprint density at radius 1 is 1.22 bits per heavy atom. The molecule has 0 amide bonds. The van der Waals surface area contributed by atoms with Crippen molar-refractivity contribution in [2.24, 2.45) is 0 Å². The van der Waals surface area contributed by atoms with E-state index in [0.717, 1.165) is 5.76 Å². The molecule has 0 saturated heterocycles. The van der Waals surface area contributed by atoms with Gasteiger partial charge >= 0.3 is 0 Å². The maximum absolute atomic E-state index is 5.41. The summed E-state index contributed by atoms with van der Waals surface area (Å²) < 4.78 is 5.41. The number of hydrogen-bond donors (Lipinski definition) is 1. The summed E-state index contributed by atoms with van der Waals surface area (Å²) >= 11 is 1.88. The summed E-state index contributed by atoms with van der Waals surface area (Å²) in [6.07, 6.45) is 1.76. The molecule has 2 heterocycles. The van der Waals surface area contributed by atoms with E-state index in [9.17, 15) is 0 Å². The summed E-state index contributed by atoms with van der Waals surface area (Å²) in [5.74, 6) is 0.986. The molecule has 2 rings (SSSR count). The van der Waals surface area contributed by atoms with Crippen LogP contribution in [0.2, 0.25) is 0 Å². The van der Waals surface area contributed by atoms with Gasteiger partial charge in [-0.3, -0.25) is 0 Å². The SMILES string of the molecule is CNC(c1ccc(C(C)(C)C)s1)c1ccoc1C. The highest BCUT2D eigenvalue weighted by atomic mass is 32.1. The lowest BCUT2D eigenvalue weighted by atomic mass is 9.95. The second-order valence-electron chi connectivity index (χ2n) is 5.61. The molecule has 0 spiro atoms. The molecule has 1 N–H and O–H groups in total. The van der Waals surface area contributed by atoms with E-state index >= 15 is 0 Å². The van der Waals surface area contributed by atoms with E-state index in [-0.39, 0.29) is 11.5 Å². The normalized spacial score (nSPS) is 13.8. The third-order valence-corrected chi connectivity index (χ3v) is 4.72. The van der Waals surface area contributed by atoms with Gasteiger partial charge in [0.25, 0.3) is 0 Å². The average molecular weight is 263 g/mol. The number of hydrogen-bond acceptors (Lipinski definition) is 3. The fourth-order valence-electron chi connectivity index (χ4n) is 2.06. The molecule has 0 saturated carbocycles. The molecular weight excluding hydrogens is 242 g/mol. The van der Waals surface area contributed by atoms with Gasteiger partial charge < -0.3 is 9.73 Å². The first-order valence-corrected chi connectivity index (χ1v) is 7.06. The second kappa shape index (κ2) is 4.90. The van der Waals surface area contributed by atoms with Crippen molar-refractivity contribution in [3.8, 4) is 0 Å². The summed E-state index contributed by atoms with van der Waals surface area (Å²) in [4.78, 5) is 2.76. The van der Waals surface area contributed by atoms with Crippen molar-refractivity contribution in [3.05, 3.63) is 45.5 Å². The van der Waals surface area contributed by atoms with Crippen LogP contribution in [0.4, 0.5) is 0 Å². The Kier molecular flexibility index (Phi) is 3.64. The maximum atomic E-state index is 5.41. The minimum atomic E-state index is 0.215. The summed E-state index contributed by atoms with van der Waals surface area (Å²) in [7, 11) is 1.99. The van der Waals surface area contributed by atoms with Crippen LogP contribution in [-0.4, -0.2) is 7.05 Å². The molecule has 0 radical (unpaired) electrons. The summed E-state index contributed by atoms with van der Waals surface area (Å²) in [5.41, 5.74) is 1.44. The van der Waals surface area contributed by atoms with Crippen molar-refractivity contribution >= 4 is 11.3 Å². The van der Waals surface area contributed by atoms with Crippen LogP contribution in [0.3, 0.4) is 0 Å². The Morgan fingerprint density at radius 2 is 1.94 bits per heavy atom. The molecule has 0 aromatic carbocycles. The van der Waals surface area contributed by atoms with E-state index in [1.165, 1.54) is 15.3 Å². The van der Waals surface area contributed by atoms with Gasteiger partial charge in [0.05, 0.1) is 12.3 Å². The Morgan fingerprint density at radius 3 is 2.39 bits per heavy atom. The van der Waals surface area contributed by atoms with Gasteiger partial charge in [0, 0.05) is 15.3 Å². The van der Waals surface area contributed by atoms with Gasteiger partial charge in [0.2, 0.25) is 0 Å². The molecule has 2 aromatic rings. The van der Waals surface area contributed by atoms with E-state index in [0.29, 0.717) is 0 Å². The number of rotatable bonds is 3. The lowest BCUT2D eigenvalue weighted by molar-refractivity contribution is 0.524. The number of nitrogens with one attached hydrogen (secondary N) is 1. The van der Waals surface area contributed by atoms with Crippen LogP contribution in [0, 0.1) is 6.92 Å². The molecular formula is C15H21NOS. The monoisotopic (exact) mass is 263 g/mol. The third-order valence-electron chi connectivity index (χ3n) is 3.15. The molecule has 98 valence electrons. The summed E-state index contributed by atoms with van der Waals surface area (Å²) in [6.45, 7) is 8.76. The Labute approximate surface area is 113 Å². The van der Waals surface area contributed by atoms with Crippen LogP contribution < -0.4 is 5.32 Å². The first-order chi connectivity index (χ1) is 8.43. The van der Waals surface area contributed by atoms with E-state index in [4.69, 9.17) is 4.42 Å². The highest BCUT2D eigenvalue weighted by Crippen LogP contribution is 2.35. The highest BCUT2D eigenvalue weighted by Gasteiger charge is 2.21. The standard InChI is InChI=1S/C15H21NOS/c1-10-11(8-9-17-10)14(16-5)12-6-7-13(18-12)15(2,3)4/h6-9,14,16H,1-5H3.